The third-order valence-electron chi connectivity index (χ3n) is 10.5. The van der Waals surface area contributed by atoms with Crippen LogP contribution >= 0.6 is 0 Å². The van der Waals surface area contributed by atoms with E-state index in [9.17, 15) is 14.4 Å². The fourth-order valence-electron chi connectivity index (χ4n) is 6.98. The van der Waals surface area contributed by atoms with Crippen molar-refractivity contribution in [2.75, 3.05) is 13.2 Å². The second kappa shape index (κ2) is 41.6. The van der Waals surface area contributed by atoms with Crippen molar-refractivity contribution in [2.45, 2.75) is 265 Å². The van der Waals surface area contributed by atoms with Gasteiger partial charge in [-0.2, -0.15) is 0 Å². The van der Waals surface area contributed by atoms with Crippen molar-refractivity contribution < 1.29 is 28.6 Å². The van der Waals surface area contributed by atoms with E-state index in [4.69, 9.17) is 14.2 Å². The van der Waals surface area contributed by atoms with Crippen LogP contribution in [0.2, 0.25) is 0 Å². The van der Waals surface area contributed by atoms with Gasteiger partial charge in [-0.1, -0.05) is 220 Å². The van der Waals surface area contributed by atoms with Crippen LogP contribution in [0.25, 0.3) is 0 Å². The average molecular weight is 751 g/mol. The Bertz CT molecular complexity index is 796. The van der Waals surface area contributed by atoms with E-state index in [1.54, 1.807) is 0 Å². The Labute approximate surface area is 329 Å². The van der Waals surface area contributed by atoms with Gasteiger partial charge in [-0.3, -0.25) is 14.4 Å². The van der Waals surface area contributed by atoms with Crippen molar-refractivity contribution in [3.8, 4) is 0 Å². The monoisotopic (exact) mass is 751 g/mol. The zero-order chi connectivity index (χ0) is 38.9. The van der Waals surface area contributed by atoms with Gasteiger partial charge in [0.1, 0.15) is 13.2 Å². The smallest absolute Gasteiger partial charge is 0.306 e. The molecule has 0 bridgehead atoms. The molecule has 6 nitrogen and oxygen atoms in total. The lowest BCUT2D eigenvalue weighted by atomic mass is 10.0. The zero-order valence-corrected chi connectivity index (χ0v) is 36.0. The normalized spacial score (nSPS) is 11.9. The predicted molar refractivity (Wildman–Crippen MR) is 224 cm³/mol. The van der Waals surface area contributed by atoms with Gasteiger partial charge < -0.3 is 14.2 Å². The first-order chi connectivity index (χ1) is 25.9. The van der Waals surface area contributed by atoms with E-state index in [2.05, 4.69) is 27.7 Å². The highest BCUT2D eigenvalue weighted by molar-refractivity contribution is 5.71. The van der Waals surface area contributed by atoms with E-state index < -0.39 is 6.10 Å². The first kappa shape index (κ1) is 51.4. The van der Waals surface area contributed by atoms with Gasteiger partial charge in [-0.15, -0.1) is 0 Å². The molecule has 0 amide bonds. The minimum Gasteiger partial charge on any atom is -0.462 e. The molecule has 0 aromatic carbocycles. The molecule has 0 radical (unpaired) electrons. The van der Waals surface area contributed by atoms with E-state index >= 15 is 0 Å². The third kappa shape index (κ3) is 41.4. The lowest BCUT2D eigenvalue weighted by Gasteiger charge is -2.18. The Hall–Kier alpha value is -1.59. The molecule has 0 spiro atoms. The Morgan fingerprint density at radius 1 is 0.358 bits per heavy atom. The number of carbonyl (C=O) groups excluding carboxylic acids is 3. The van der Waals surface area contributed by atoms with Crippen LogP contribution in [0.3, 0.4) is 0 Å². The van der Waals surface area contributed by atoms with Crippen molar-refractivity contribution in [2.24, 2.45) is 5.92 Å². The van der Waals surface area contributed by atoms with Gasteiger partial charge in [-0.05, 0) is 25.2 Å². The minimum absolute atomic E-state index is 0.0644. The number of carbonyl (C=O) groups is 3. The van der Waals surface area contributed by atoms with Crippen LogP contribution in [-0.4, -0.2) is 37.2 Å². The lowest BCUT2D eigenvalue weighted by Crippen LogP contribution is -2.30. The molecule has 0 unspecified atom stereocenters. The number of unbranched alkanes of at least 4 members (excludes halogenated alkanes) is 29. The standard InChI is InChI=1S/C47H90O6/c1-5-7-9-11-13-15-16-17-18-19-20-21-23-27-32-36-40-47(50)53-44(41-51-45(48)38-34-30-26-22-14-12-10-8-6-2)42-52-46(49)39-35-31-28-24-25-29-33-37-43(3)4/h43-44H,5-42H2,1-4H3/t44-/m1/s1. The van der Waals surface area contributed by atoms with E-state index in [0.717, 1.165) is 63.7 Å². The van der Waals surface area contributed by atoms with Crippen LogP contribution < -0.4 is 0 Å². The molecule has 0 aliphatic rings. The van der Waals surface area contributed by atoms with Crippen molar-refractivity contribution in [1.29, 1.82) is 0 Å². The molecule has 0 saturated carbocycles. The molecule has 0 N–H and O–H groups in total. The molecule has 0 fully saturated rings. The molecule has 0 saturated heterocycles. The van der Waals surface area contributed by atoms with E-state index in [1.165, 1.54) is 154 Å². The van der Waals surface area contributed by atoms with E-state index in [0.29, 0.717) is 19.3 Å². The van der Waals surface area contributed by atoms with Gasteiger partial charge in [-0.25, -0.2) is 0 Å². The minimum atomic E-state index is -0.759. The molecule has 6 heteroatoms. The second-order valence-electron chi connectivity index (χ2n) is 16.5. The maximum absolute atomic E-state index is 12.7. The van der Waals surface area contributed by atoms with Gasteiger partial charge >= 0.3 is 17.9 Å². The quantitative estimate of drug-likeness (QED) is 0.0351. The Kier molecular flexibility index (Phi) is 40.3. The highest BCUT2D eigenvalue weighted by Crippen LogP contribution is 2.16. The van der Waals surface area contributed by atoms with Crippen molar-refractivity contribution >= 4 is 17.9 Å². The molecule has 0 aliphatic carbocycles. The molecule has 0 aromatic rings. The summed E-state index contributed by atoms with van der Waals surface area (Å²) in [6.07, 6.45) is 41.0. The summed E-state index contributed by atoms with van der Waals surface area (Å²) in [4.78, 5) is 37.7. The van der Waals surface area contributed by atoms with E-state index in [-0.39, 0.29) is 31.1 Å². The van der Waals surface area contributed by atoms with Crippen molar-refractivity contribution in [3.63, 3.8) is 0 Å². The van der Waals surface area contributed by atoms with Gasteiger partial charge in [0.05, 0.1) is 0 Å². The van der Waals surface area contributed by atoms with Crippen molar-refractivity contribution in [3.05, 3.63) is 0 Å². The van der Waals surface area contributed by atoms with Gasteiger partial charge in [0.2, 0.25) is 0 Å². The maximum atomic E-state index is 12.7. The number of hydrogen-bond acceptors (Lipinski definition) is 6. The van der Waals surface area contributed by atoms with Gasteiger partial charge in [0.15, 0.2) is 6.10 Å². The largest absolute Gasteiger partial charge is 0.462 e. The Balaban J connectivity index is 4.28. The van der Waals surface area contributed by atoms with Crippen LogP contribution in [0, 0.1) is 5.92 Å². The number of rotatable bonds is 42. The highest BCUT2D eigenvalue weighted by Gasteiger charge is 2.19. The molecule has 0 aromatic heterocycles. The number of ether oxygens (including phenoxy) is 3. The predicted octanol–water partition coefficient (Wildman–Crippen LogP) is 14.7. The summed E-state index contributed by atoms with van der Waals surface area (Å²) in [6.45, 7) is 8.94. The number of esters is 3. The zero-order valence-electron chi connectivity index (χ0n) is 36.0. The second-order valence-corrected chi connectivity index (χ2v) is 16.5. The van der Waals surface area contributed by atoms with Crippen LogP contribution in [0.4, 0.5) is 0 Å². The summed E-state index contributed by atoms with van der Waals surface area (Å²) >= 11 is 0. The number of hydrogen-bond donors (Lipinski definition) is 0. The molecule has 314 valence electrons. The summed E-state index contributed by atoms with van der Waals surface area (Å²) < 4.78 is 16.7. The first-order valence-electron chi connectivity index (χ1n) is 23.4. The lowest BCUT2D eigenvalue weighted by molar-refractivity contribution is -0.167. The summed E-state index contributed by atoms with van der Waals surface area (Å²) in [6, 6.07) is 0. The fourth-order valence-corrected chi connectivity index (χ4v) is 6.98. The first-order valence-corrected chi connectivity index (χ1v) is 23.4. The van der Waals surface area contributed by atoms with Crippen LogP contribution in [0.5, 0.6) is 0 Å². The SMILES string of the molecule is CCCCCCCCCCCCCCCCCCC(=O)O[C@H](COC(=O)CCCCCCCCCCC)COC(=O)CCCCCCCCCC(C)C. The Morgan fingerprint density at radius 3 is 0.925 bits per heavy atom. The molecule has 1 atom stereocenters. The van der Waals surface area contributed by atoms with Crippen LogP contribution in [0.15, 0.2) is 0 Å². The van der Waals surface area contributed by atoms with Crippen molar-refractivity contribution in [1.82, 2.24) is 0 Å². The molecule has 53 heavy (non-hydrogen) atoms. The van der Waals surface area contributed by atoms with Crippen LogP contribution in [0.1, 0.15) is 259 Å². The van der Waals surface area contributed by atoms with Gasteiger partial charge in [0, 0.05) is 19.3 Å². The molecular weight excluding hydrogens is 661 g/mol. The third-order valence-corrected chi connectivity index (χ3v) is 10.5. The maximum Gasteiger partial charge on any atom is 0.306 e. The Morgan fingerprint density at radius 2 is 0.623 bits per heavy atom. The molecule has 0 rings (SSSR count). The topological polar surface area (TPSA) is 78.9 Å². The highest BCUT2D eigenvalue weighted by atomic mass is 16.6. The summed E-state index contributed by atoms with van der Waals surface area (Å²) in [5.41, 5.74) is 0. The molecule has 0 aliphatic heterocycles. The molecule has 0 heterocycles. The van der Waals surface area contributed by atoms with E-state index in [1.807, 2.05) is 0 Å². The van der Waals surface area contributed by atoms with Gasteiger partial charge in [0.25, 0.3) is 0 Å². The summed E-state index contributed by atoms with van der Waals surface area (Å²) in [5, 5.41) is 0. The average Bonchev–Trinajstić information content (AvgIpc) is 3.14. The van der Waals surface area contributed by atoms with Crippen LogP contribution in [-0.2, 0) is 28.6 Å². The summed E-state index contributed by atoms with van der Waals surface area (Å²) in [7, 11) is 0. The molecular formula is C47H90O6. The summed E-state index contributed by atoms with van der Waals surface area (Å²) in [5.74, 6) is -0.0756. The fraction of sp³-hybridized carbons (Fsp3) is 0.936.